The molecule has 9 heteroatoms. The van der Waals surface area contributed by atoms with Gasteiger partial charge in [-0.1, -0.05) is 6.92 Å². The number of carbonyl (C=O) groups is 2. The Morgan fingerprint density at radius 3 is 2.30 bits per heavy atom. The molecule has 8 nitrogen and oxygen atoms in total. The Morgan fingerprint density at radius 1 is 0.973 bits per heavy atom. The van der Waals surface area contributed by atoms with Crippen molar-refractivity contribution in [1.29, 1.82) is 0 Å². The third-order valence-electron chi connectivity index (χ3n) is 6.53. The molecule has 2 aromatic carbocycles. The van der Waals surface area contributed by atoms with Gasteiger partial charge < -0.3 is 29.6 Å². The molecule has 196 valence electrons. The van der Waals surface area contributed by atoms with Gasteiger partial charge in [0.1, 0.15) is 10.8 Å². The van der Waals surface area contributed by atoms with Crippen LogP contribution >= 0.6 is 11.3 Å². The third kappa shape index (κ3) is 5.67. The lowest BCUT2D eigenvalue weighted by Gasteiger charge is -2.19. The standard InChI is InChI=1S/C28H32N2O6S/c1-16-6-11-20-24(12-16)37-27(29-15-18-13-22(34-3)23(35-4)14-21(18)33-2)25(20)26(31)30-19-9-7-17(8-10-19)28(32)36-5/h7-10,13-14,16,29H,6,11-12,15H2,1-5H3,(H,30,31)/t16-/m1/s1. The van der Waals surface area contributed by atoms with Crippen LogP contribution in [0.1, 0.15) is 50.1 Å². The van der Waals surface area contributed by atoms with Crippen molar-refractivity contribution >= 4 is 33.9 Å². The first-order valence-electron chi connectivity index (χ1n) is 12.1. The Morgan fingerprint density at radius 2 is 1.65 bits per heavy atom. The number of fused-ring (bicyclic) bond motifs is 1. The number of hydrogen-bond acceptors (Lipinski definition) is 8. The molecular formula is C28H32N2O6S. The number of rotatable bonds is 9. The molecule has 4 rings (SSSR count). The second-order valence-corrected chi connectivity index (χ2v) is 10.1. The highest BCUT2D eigenvalue weighted by Crippen LogP contribution is 2.41. The Balaban J connectivity index is 1.62. The Labute approximate surface area is 220 Å². The molecule has 1 atom stereocenters. The number of esters is 1. The van der Waals surface area contributed by atoms with E-state index in [1.807, 2.05) is 6.07 Å². The average Bonchev–Trinajstić information content (AvgIpc) is 3.28. The van der Waals surface area contributed by atoms with Gasteiger partial charge in [0, 0.05) is 28.7 Å². The van der Waals surface area contributed by atoms with Crippen LogP contribution in [0.4, 0.5) is 10.7 Å². The van der Waals surface area contributed by atoms with E-state index in [0.29, 0.717) is 46.5 Å². The van der Waals surface area contributed by atoms with Crippen molar-refractivity contribution in [2.45, 2.75) is 32.7 Å². The topological polar surface area (TPSA) is 95.1 Å². The zero-order chi connectivity index (χ0) is 26.5. The number of amides is 1. The number of benzene rings is 2. The van der Waals surface area contributed by atoms with Gasteiger partial charge >= 0.3 is 5.97 Å². The molecule has 0 saturated carbocycles. The highest BCUT2D eigenvalue weighted by molar-refractivity contribution is 7.16. The van der Waals surface area contributed by atoms with E-state index >= 15 is 0 Å². The molecule has 1 aliphatic rings. The minimum absolute atomic E-state index is 0.181. The zero-order valence-electron chi connectivity index (χ0n) is 21.7. The van der Waals surface area contributed by atoms with E-state index in [-0.39, 0.29) is 5.91 Å². The first-order valence-corrected chi connectivity index (χ1v) is 12.9. The molecule has 0 aliphatic heterocycles. The summed E-state index contributed by atoms with van der Waals surface area (Å²) in [5.74, 6) is 1.83. The number of thiophene rings is 1. The molecule has 1 heterocycles. The van der Waals surface area contributed by atoms with Crippen molar-refractivity contribution < 1.29 is 28.5 Å². The molecule has 0 radical (unpaired) electrons. The van der Waals surface area contributed by atoms with Crippen LogP contribution in [0.5, 0.6) is 17.2 Å². The lowest BCUT2D eigenvalue weighted by atomic mass is 9.88. The fraction of sp³-hybridized carbons (Fsp3) is 0.357. The van der Waals surface area contributed by atoms with Gasteiger partial charge in [-0.2, -0.15) is 0 Å². The molecule has 0 spiro atoms. The molecule has 37 heavy (non-hydrogen) atoms. The van der Waals surface area contributed by atoms with Gasteiger partial charge in [0.25, 0.3) is 5.91 Å². The highest BCUT2D eigenvalue weighted by atomic mass is 32.1. The summed E-state index contributed by atoms with van der Waals surface area (Å²) in [4.78, 5) is 26.5. The molecule has 0 fully saturated rings. The van der Waals surface area contributed by atoms with Crippen molar-refractivity contribution in [2.75, 3.05) is 39.1 Å². The van der Waals surface area contributed by atoms with Gasteiger partial charge in [0.2, 0.25) is 0 Å². The third-order valence-corrected chi connectivity index (χ3v) is 7.74. The average molecular weight is 525 g/mol. The summed E-state index contributed by atoms with van der Waals surface area (Å²) < 4.78 is 21.2. The van der Waals surface area contributed by atoms with Crippen molar-refractivity contribution in [1.82, 2.24) is 0 Å². The number of anilines is 2. The Bertz CT molecular complexity index is 1280. The van der Waals surface area contributed by atoms with Gasteiger partial charge in [0.15, 0.2) is 11.5 Å². The molecule has 0 saturated heterocycles. The maximum Gasteiger partial charge on any atom is 0.337 e. The lowest BCUT2D eigenvalue weighted by Crippen LogP contribution is -2.18. The van der Waals surface area contributed by atoms with E-state index in [2.05, 4.69) is 17.6 Å². The molecule has 1 aliphatic carbocycles. The second kappa shape index (κ2) is 11.6. The fourth-order valence-electron chi connectivity index (χ4n) is 4.52. The van der Waals surface area contributed by atoms with Gasteiger partial charge in [-0.3, -0.25) is 4.79 Å². The van der Waals surface area contributed by atoms with E-state index < -0.39 is 5.97 Å². The number of methoxy groups -OCH3 is 4. The van der Waals surface area contributed by atoms with Gasteiger partial charge in [-0.15, -0.1) is 11.3 Å². The molecular weight excluding hydrogens is 492 g/mol. The van der Waals surface area contributed by atoms with Crippen molar-refractivity contribution in [2.24, 2.45) is 5.92 Å². The van der Waals surface area contributed by atoms with Crippen molar-refractivity contribution in [3.8, 4) is 17.2 Å². The van der Waals surface area contributed by atoms with Crippen LogP contribution in [0.15, 0.2) is 36.4 Å². The van der Waals surface area contributed by atoms with Gasteiger partial charge in [-0.25, -0.2) is 4.79 Å². The van der Waals surface area contributed by atoms with E-state index in [1.165, 1.54) is 12.0 Å². The van der Waals surface area contributed by atoms with E-state index in [4.69, 9.17) is 18.9 Å². The molecule has 0 unspecified atom stereocenters. The summed E-state index contributed by atoms with van der Waals surface area (Å²) in [5, 5.41) is 7.30. The molecule has 3 aromatic rings. The molecule has 1 amide bonds. The summed E-state index contributed by atoms with van der Waals surface area (Å²) in [6, 6.07) is 10.3. The summed E-state index contributed by atoms with van der Waals surface area (Å²) in [7, 11) is 6.13. The predicted octanol–water partition coefficient (Wildman–Crippen LogP) is 5.55. The summed E-state index contributed by atoms with van der Waals surface area (Å²) in [6.07, 6.45) is 2.86. The van der Waals surface area contributed by atoms with Crippen LogP contribution in [-0.4, -0.2) is 40.3 Å². The quantitative estimate of drug-likeness (QED) is 0.354. The summed E-state index contributed by atoms with van der Waals surface area (Å²) in [6.45, 7) is 2.68. The number of ether oxygens (including phenoxy) is 4. The van der Waals surface area contributed by atoms with E-state index in [1.54, 1.807) is 63.0 Å². The largest absolute Gasteiger partial charge is 0.496 e. The Hall–Kier alpha value is -3.72. The summed E-state index contributed by atoms with van der Waals surface area (Å²) >= 11 is 1.63. The lowest BCUT2D eigenvalue weighted by molar-refractivity contribution is 0.0600. The fourth-order valence-corrected chi connectivity index (χ4v) is 5.93. The normalized spacial score (nSPS) is 14.4. The maximum absolute atomic E-state index is 13.5. The van der Waals surface area contributed by atoms with Crippen molar-refractivity contribution in [3.05, 3.63) is 63.5 Å². The van der Waals surface area contributed by atoms with Crippen molar-refractivity contribution in [3.63, 3.8) is 0 Å². The monoisotopic (exact) mass is 524 g/mol. The highest BCUT2D eigenvalue weighted by Gasteiger charge is 2.28. The summed E-state index contributed by atoms with van der Waals surface area (Å²) in [5.41, 5.74) is 3.68. The van der Waals surface area contributed by atoms with Crippen LogP contribution in [0.25, 0.3) is 0 Å². The SMILES string of the molecule is COC(=O)c1ccc(NC(=O)c2c(NCc3cc(OC)c(OC)cc3OC)sc3c2CC[C@@H](C)C3)cc1. The zero-order valence-corrected chi connectivity index (χ0v) is 22.5. The van der Waals surface area contributed by atoms with Crippen LogP contribution in [0.3, 0.4) is 0 Å². The molecule has 2 N–H and O–H groups in total. The minimum atomic E-state index is -0.420. The van der Waals surface area contributed by atoms with E-state index in [9.17, 15) is 9.59 Å². The van der Waals surface area contributed by atoms with Crippen LogP contribution < -0.4 is 24.8 Å². The number of nitrogens with one attached hydrogen (secondary N) is 2. The number of carbonyl (C=O) groups excluding carboxylic acids is 2. The second-order valence-electron chi connectivity index (χ2n) is 8.95. The van der Waals surface area contributed by atoms with Crippen LogP contribution in [0.2, 0.25) is 0 Å². The first kappa shape index (κ1) is 26.3. The minimum Gasteiger partial charge on any atom is -0.496 e. The molecule has 1 aromatic heterocycles. The smallest absolute Gasteiger partial charge is 0.337 e. The van der Waals surface area contributed by atoms with Gasteiger partial charge in [0.05, 0.1) is 39.6 Å². The first-order chi connectivity index (χ1) is 17.9. The van der Waals surface area contributed by atoms with Gasteiger partial charge in [-0.05, 0) is 61.1 Å². The Kier molecular flexibility index (Phi) is 8.23. The van der Waals surface area contributed by atoms with Crippen LogP contribution in [-0.2, 0) is 24.1 Å². The maximum atomic E-state index is 13.5. The van der Waals surface area contributed by atoms with Crippen LogP contribution in [0, 0.1) is 5.92 Å². The van der Waals surface area contributed by atoms with E-state index in [0.717, 1.165) is 35.4 Å². The number of hydrogen-bond donors (Lipinski definition) is 2. The predicted molar refractivity (Wildman–Crippen MR) is 145 cm³/mol. The molecule has 0 bridgehead atoms.